The number of esters is 1. The van der Waals surface area contributed by atoms with E-state index >= 15 is 0 Å². The molecule has 0 fully saturated rings. The lowest BCUT2D eigenvalue weighted by atomic mass is 9.80. The van der Waals surface area contributed by atoms with Crippen molar-refractivity contribution >= 4 is 11.5 Å². The van der Waals surface area contributed by atoms with E-state index in [-0.39, 0.29) is 11.9 Å². The van der Waals surface area contributed by atoms with Gasteiger partial charge in [0, 0.05) is 0 Å². The highest BCUT2D eigenvalue weighted by atomic mass is 16.5. The minimum atomic E-state index is -0.181. The lowest BCUT2D eigenvalue weighted by Gasteiger charge is -2.25. The van der Waals surface area contributed by atoms with Crippen LogP contribution in [0, 0.1) is 19.8 Å². The van der Waals surface area contributed by atoms with Crippen LogP contribution in [0.1, 0.15) is 42.5 Å². The second kappa shape index (κ2) is 5.60. The first kappa shape index (κ1) is 13.9. The second-order valence-corrected chi connectivity index (χ2v) is 5.22. The van der Waals surface area contributed by atoms with Crippen LogP contribution in [0.25, 0.3) is 5.57 Å². The number of hydrogen-bond donors (Lipinski definition) is 0. The van der Waals surface area contributed by atoms with Crippen LogP contribution >= 0.6 is 0 Å². The van der Waals surface area contributed by atoms with E-state index in [1.807, 2.05) is 13.8 Å². The van der Waals surface area contributed by atoms with Crippen molar-refractivity contribution in [2.24, 2.45) is 5.92 Å². The molecule has 0 spiro atoms. The number of rotatable bonds is 3. The predicted molar refractivity (Wildman–Crippen MR) is 78.0 cm³/mol. The third-order valence-electron chi connectivity index (χ3n) is 3.91. The zero-order valence-electron chi connectivity index (χ0n) is 12.2. The van der Waals surface area contributed by atoms with Gasteiger partial charge in [-0.2, -0.15) is 0 Å². The predicted octanol–water partition coefficient (Wildman–Crippen LogP) is 3.83. The molecule has 0 saturated carbocycles. The number of carbonyl (C=O) groups is 1. The minimum absolute atomic E-state index is 0.123. The van der Waals surface area contributed by atoms with E-state index < -0.39 is 0 Å². The van der Waals surface area contributed by atoms with Gasteiger partial charge in [-0.1, -0.05) is 18.2 Å². The van der Waals surface area contributed by atoms with Crippen molar-refractivity contribution < 1.29 is 9.53 Å². The first-order valence-corrected chi connectivity index (χ1v) is 7.02. The van der Waals surface area contributed by atoms with Crippen LogP contribution in [-0.4, -0.2) is 12.6 Å². The van der Waals surface area contributed by atoms with E-state index in [0.717, 1.165) is 18.4 Å². The van der Waals surface area contributed by atoms with E-state index in [1.165, 1.54) is 22.3 Å². The Bertz CT molecular complexity index is 526. The van der Waals surface area contributed by atoms with Crippen LogP contribution in [0.2, 0.25) is 0 Å². The average molecular weight is 258 g/mol. The highest BCUT2D eigenvalue weighted by Crippen LogP contribution is 2.36. The summed E-state index contributed by atoms with van der Waals surface area (Å²) >= 11 is 0. The molecule has 1 aliphatic carbocycles. The van der Waals surface area contributed by atoms with Crippen molar-refractivity contribution in [3.63, 3.8) is 0 Å². The summed E-state index contributed by atoms with van der Waals surface area (Å²) in [5, 5.41) is 0. The number of carbonyl (C=O) groups excluding carboxylic acids is 1. The van der Waals surface area contributed by atoms with Gasteiger partial charge < -0.3 is 4.74 Å². The Kier molecular flexibility index (Phi) is 4.08. The van der Waals surface area contributed by atoms with Crippen molar-refractivity contribution in [1.82, 2.24) is 0 Å². The molecular formula is C17H22O2. The van der Waals surface area contributed by atoms with Crippen LogP contribution in [0.15, 0.2) is 18.2 Å². The Balaban J connectivity index is 2.43. The molecule has 1 aromatic carbocycles. The normalized spacial score (nSPS) is 15.5. The second-order valence-electron chi connectivity index (χ2n) is 5.22. The first-order chi connectivity index (χ1) is 9.06. The van der Waals surface area contributed by atoms with E-state index in [1.54, 1.807) is 0 Å². The number of hydrogen-bond acceptors (Lipinski definition) is 2. The topological polar surface area (TPSA) is 26.3 Å². The molecule has 2 rings (SSSR count). The maximum absolute atomic E-state index is 12.0. The van der Waals surface area contributed by atoms with E-state index in [4.69, 9.17) is 4.74 Å². The molecule has 1 aromatic rings. The smallest absolute Gasteiger partial charge is 0.313 e. The molecule has 2 nitrogen and oxygen atoms in total. The summed E-state index contributed by atoms with van der Waals surface area (Å²) in [6, 6.07) is 4.32. The van der Waals surface area contributed by atoms with Gasteiger partial charge in [0.25, 0.3) is 0 Å². The Morgan fingerprint density at radius 1 is 1.32 bits per heavy atom. The van der Waals surface area contributed by atoms with Gasteiger partial charge in [-0.05, 0) is 68.4 Å². The molecule has 19 heavy (non-hydrogen) atoms. The molecule has 1 aliphatic rings. The highest BCUT2D eigenvalue weighted by molar-refractivity contribution is 5.90. The van der Waals surface area contributed by atoms with Crippen molar-refractivity contribution in [3.8, 4) is 0 Å². The largest absolute Gasteiger partial charge is 0.466 e. The summed E-state index contributed by atoms with van der Waals surface area (Å²) < 4.78 is 5.16. The Morgan fingerprint density at radius 3 is 2.68 bits per heavy atom. The van der Waals surface area contributed by atoms with Gasteiger partial charge in [-0.15, -0.1) is 0 Å². The number of allylic oxidation sites excluding steroid dienone is 1. The molecule has 1 atom stereocenters. The zero-order valence-corrected chi connectivity index (χ0v) is 12.2. The SMILES string of the molecule is CCOC(=O)C(C)C1=CCCc2c(C)ccc(C)c21. The van der Waals surface area contributed by atoms with E-state index in [9.17, 15) is 4.79 Å². The van der Waals surface area contributed by atoms with Gasteiger partial charge in [0.1, 0.15) is 0 Å². The molecule has 0 radical (unpaired) electrons. The van der Waals surface area contributed by atoms with Crippen LogP contribution in [0.5, 0.6) is 0 Å². The molecule has 0 heterocycles. The summed E-state index contributed by atoms with van der Waals surface area (Å²) in [7, 11) is 0. The molecule has 0 aliphatic heterocycles. The Hall–Kier alpha value is -1.57. The van der Waals surface area contributed by atoms with Crippen molar-refractivity contribution in [3.05, 3.63) is 40.5 Å². The summed E-state index contributed by atoms with van der Waals surface area (Å²) in [6.45, 7) is 8.51. The van der Waals surface area contributed by atoms with Crippen molar-refractivity contribution in [1.29, 1.82) is 0 Å². The fourth-order valence-electron chi connectivity index (χ4n) is 2.85. The monoisotopic (exact) mass is 258 g/mol. The van der Waals surface area contributed by atoms with Crippen LogP contribution in [0.3, 0.4) is 0 Å². The molecule has 1 unspecified atom stereocenters. The van der Waals surface area contributed by atoms with E-state index in [2.05, 4.69) is 32.1 Å². The van der Waals surface area contributed by atoms with Crippen molar-refractivity contribution in [2.45, 2.75) is 40.5 Å². The van der Waals surface area contributed by atoms with Crippen LogP contribution < -0.4 is 0 Å². The minimum Gasteiger partial charge on any atom is -0.466 e. The maximum atomic E-state index is 12.0. The third-order valence-corrected chi connectivity index (χ3v) is 3.91. The van der Waals surface area contributed by atoms with Gasteiger partial charge >= 0.3 is 5.97 Å². The van der Waals surface area contributed by atoms with Crippen LogP contribution in [0.4, 0.5) is 0 Å². The molecule has 0 N–H and O–H groups in total. The maximum Gasteiger partial charge on any atom is 0.313 e. The number of fused-ring (bicyclic) bond motifs is 1. The first-order valence-electron chi connectivity index (χ1n) is 7.02. The Labute approximate surface area is 115 Å². The molecule has 0 saturated heterocycles. The number of ether oxygens (including phenoxy) is 1. The summed E-state index contributed by atoms with van der Waals surface area (Å²) in [4.78, 5) is 12.0. The van der Waals surface area contributed by atoms with Crippen LogP contribution in [-0.2, 0) is 16.0 Å². The van der Waals surface area contributed by atoms with Gasteiger partial charge in [0.05, 0.1) is 12.5 Å². The molecule has 2 heteroatoms. The number of aryl methyl sites for hydroxylation is 2. The molecule has 102 valence electrons. The average Bonchev–Trinajstić information content (AvgIpc) is 2.42. The standard InChI is InChI=1S/C17H22O2/c1-5-19-17(18)13(4)15-8-6-7-14-11(2)9-10-12(3)16(14)15/h8-10,13H,5-7H2,1-4H3. The van der Waals surface area contributed by atoms with E-state index in [0.29, 0.717) is 6.61 Å². The van der Waals surface area contributed by atoms with Gasteiger partial charge in [-0.3, -0.25) is 4.79 Å². The molecule has 0 aromatic heterocycles. The summed E-state index contributed by atoms with van der Waals surface area (Å²) in [5.74, 6) is -0.304. The lowest BCUT2D eigenvalue weighted by molar-refractivity contribution is -0.145. The van der Waals surface area contributed by atoms with Crippen molar-refractivity contribution in [2.75, 3.05) is 6.61 Å². The Morgan fingerprint density at radius 2 is 2.00 bits per heavy atom. The van der Waals surface area contributed by atoms with Gasteiger partial charge in [0.15, 0.2) is 0 Å². The fraction of sp³-hybridized carbons (Fsp3) is 0.471. The zero-order chi connectivity index (χ0) is 14.0. The fourth-order valence-corrected chi connectivity index (χ4v) is 2.85. The van der Waals surface area contributed by atoms with Gasteiger partial charge in [-0.25, -0.2) is 0 Å². The summed E-state index contributed by atoms with van der Waals surface area (Å²) in [5.41, 5.74) is 6.38. The molecular weight excluding hydrogens is 236 g/mol. The quantitative estimate of drug-likeness (QED) is 0.770. The highest BCUT2D eigenvalue weighted by Gasteiger charge is 2.25. The molecule has 0 bridgehead atoms. The lowest BCUT2D eigenvalue weighted by Crippen LogP contribution is -2.19. The van der Waals surface area contributed by atoms with Gasteiger partial charge in [0.2, 0.25) is 0 Å². The summed E-state index contributed by atoms with van der Waals surface area (Å²) in [6.07, 6.45) is 4.29. The number of benzene rings is 1. The molecule has 0 amide bonds. The third kappa shape index (κ3) is 2.58.